The van der Waals surface area contributed by atoms with Crippen LogP contribution in [0.25, 0.3) is 0 Å². The van der Waals surface area contributed by atoms with Gasteiger partial charge in [-0.05, 0) is 36.8 Å². The van der Waals surface area contributed by atoms with Crippen LogP contribution in [0.1, 0.15) is 28.8 Å². The summed E-state index contributed by atoms with van der Waals surface area (Å²) in [6, 6.07) is 8.27. The van der Waals surface area contributed by atoms with Gasteiger partial charge in [-0.15, -0.1) is 0 Å². The Morgan fingerprint density at radius 1 is 1.11 bits per heavy atom. The van der Waals surface area contributed by atoms with Crippen molar-refractivity contribution in [2.75, 3.05) is 13.1 Å². The number of aromatic nitrogens is 2. The van der Waals surface area contributed by atoms with Crippen molar-refractivity contribution in [1.29, 1.82) is 0 Å². The monoisotopic (exact) mass is 385 g/mol. The lowest BCUT2D eigenvalue weighted by molar-refractivity contribution is -0.133. The van der Waals surface area contributed by atoms with Crippen LogP contribution >= 0.6 is 0 Å². The summed E-state index contributed by atoms with van der Waals surface area (Å²) in [5.41, 5.74) is 0.226. The molecule has 1 aromatic heterocycles. The van der Waals surface area contributed by atoms with Crippen LogP contribution in [-0.2, 0) is 24.8 Å². The van der Waals surface area contributed by atoms with Crippen molar-refractivity contribution < 1.29 is 14.7 Å². The van der Waals surface area contributed by atoms with Crippen molar-refractivity contribution in [2.45, 2.75) is 25.8 Å². The summed E-state index contributed by atoms with van der Waals surface area (Å²) < 4.78 is 2.21. The van der Waals surface area contributed by atoms with Gasteiger partial charge in [0, 0.05) is 32.4 Å². The molecule has 1 saturated heterocycles. The Balaban J connectivity index is 1.59. The molecule has 1 aromatic carbocycles. The Kier molecular flexibility index (Phi) is 5.77. The second-order valence-corrected chi connectivity index (χ2v) is 7.11. The van der Waals surface area contributed by atoms with E-state index < -0.39 is 17.2 Å². The number of hydrogen-bond donors (Lipinski definition) is 1. The van der Waals surface area contributed by atoms with Crippen molar-refractivity contribution in [2.24, 2.45) is 13.0 Å². The fourth-order valence-corrected chi connectivity index (χ4v) is 3.59. The fraction of sp³-hybridized carbons (Fsp3) is 0.400. The first-order chi connectivity index (χ1) is 13.4. The molecule has 0 unspecified atom stereocenters. The number of amides is 1. The van der Waals surface area contributed by atoms with Crippen molar-refractivity contribution >= 4 is 11.9 Å². The number of benzene rings is 1. The standard InChI is InChI=1S/C20H23N3O5/c1-21-17(24)8-11-23(20(21)28)13-18(25)22-9-6-14(7-10-22)12-15-4-2-3-5-16(15)19(26)27/h2-5,8,11,14H,6-7,9-10,12-13H2,1H3,(H,26,27). The van der Waals surface area contributed by atoms with Gasteiger partial charge in [-0.1, -0.05) is 18.2 Å². The van der Waals surface area contributed by atoms with Gasteiger partial charge in [0.25, 0.3) is 5.56 Å². The predicted molar refractivity (Wildman–Crippen MR) is 102 cm³/mol. The van der Waals surface area contributed by atoms with Gasteiger partial charge in [-0.3, -0.25) is 18.7 Å². The highest BCUT2D eigenvalue weighted by atomic mass is 16.4. The van der Waals surface area contributed by atoms with Crippen LogP contribution in [0.15, 0.2) is 46.1 Å². The summed E-state index contributed by atoms with van der Waals surface area (Å²) in [5, 5.41) is 9.31. The number of carbonyl (C=O) groups excluding carboxylic acids is 1. The number of nitrogens with zero attached hydrogens (tertiary/aromatic N) is 3. The SMILES string of the molecule is Cn1c(=O)ccn(CC(=O)N2CCC(Cc3ccccc3C(=O)O)CC2)c1=O. The molecule has 8 nitrogen and oxygen atoms in total. The van der Waals surface area contributed by atoms with E-state index in [4.69, 9.17) is 0 Å². The lowest BCUT2D eigenvalue weighted by Crippen LogP contribution is -2.44. The van der Waals surface area contributed by atoms with Crippen LogP contribution in [0.2, 0.25) is 0 Å². The lowest BCUT2D eigenvalue weighted by Gasteiger charge is -2.32. The molecule has 1 fully saturated rings. The second kappa shape index (κ2) is 8.24. The van der Waals surface area contributed by atoms with E-state index in [1.165, 1.54) is 23.9 Å². The number of likely N-dealkylation sites (tertiary alicyclic amines) is 1. The van der Waals surface area contributed by atoms with Crippen LogP contribution in [-0.4, -0.2) is 44.1 Å². The maximum atomic E-state index is 12.5. The highest BCUT2D eigenvalue weighted by Gasteiger charge is 2.24. The molecular formula is C20H23N3O5. The van der Waals surface area contributed by atoms with Gasteiger partial charge < -0.3 is 10.0 Å². The normalized spacial score (nSPS) is 14.8. The number of carboxylic acid groups (broad SMARTS) is 1. The van der Waals surface area contributed by atoms with E-state index >= 15 is 0 Å². The number of piperidine rings is 1. The first-order valence-electron chi connectivity index (χ1n) is 9.22. The molecule has 2 aromatic rings. The van der Waals surface area contributed by atoms with Crippen molar-refractivity contribution in [1.82, 2.24) is 14.0 Å². The molecule has 0 spiro atoms. The molecule has 0 radical (unpaired) electrons. The van der Waals surface area contributed by atoms with Crippen LogP contribution in [0.4, 0.5) is 0 Å². The Bertz CT molecular complexity index is 999. The van der Waals surface area contributed by atoms with E-state index in [1.807, 2.05) is 12.1 Å². The number of carbonyl (C=O) groups is 2. The molecule has 1 N–H and O–H groups in total. The molecule has 28 heavy (non-hydrogen) atoms. The highest BCUT2D eigenvalue weighted by molar-refractivity contribution is 5.89. The summed E-state index contributed by atoms with van der Waals surface area (Å²) in [6.07, 6.45) is 3.58. The van der Waals surface area contributed by atoms with Crippen LogP contribution in [0.3, 0.4) is 0 Å². The lowest BCUT2D eigenvalue weighted by atomic mass is 9.88. The van der Waals surface area contributed by atoms with Gasteiger partial charge in [0.15, 0.2) is 0 Å². The summed E-state index contributed by atoms with van der Waals surface area (Å²) >= 11 is 0. The summed E-state index contributed by atoms with van der Waals surface area (Å²) in [7, 11) is 1.38. The third-order valence-corrected chi connectivity index (χ3v) is 5.29. The zero-order valence-electron chi connectivity index (χ0n) is 15.7. The van der Waals surface area contributed by atoms with E-state index in [-0.39, 0.29) is 12.5 Å². The van der Waals surface area contributed by atoms with Gasteiger partial charge in [-0.2, -0.15) is 0 Å². The molecule has 0 atom stereocenters. The largest absolute Gasteiger partial charge is 0.478 e. The van der Waals surface area contributed by atoms with Crippen LogP contribution < -0.4 is 11.2 Å². The number of hydrogen-bond acceptors (Lipinski definition) is 4. The third-order valence-electron chi connectivity index (χ3n) is 5.29. The molecule has 2 heterocycles. The first kappa shape index (κ1) is 19.6. The highest BCUT2D eigenvalue weighted by Crippen LogP contribution is 2.23. The Morgan fingerprint density at radius 3 is 2.46 bits per heavy atom. The van der Waals surface area contributed by atoms with Crippen LogP contribution in [0, 0.1) is 5.92 Å². The minimum Gasteiger partial charge on any atom is -0.478 e. The number of rotatable bonds is 5. The average Bonchev–Trinajstić information content (AvgIpc) is 2.69. The molecule has 3 rings (SSSR count). The number of aromatic carboxylic acids is 1. The Hall–Kier alpha value is -3.16. The van der Waals surface area contributed by atoms with Gasteiger partial charge >= 0.3 is 11.7 Å². The topological polar surface area (TPSA) is 102 Å². The second-order valence-electron chi connectivity index (χ2n) is 7.11. The predicted octanol–water partition coefficient (Wildman–Crippen LogP) is 0.726. The van der Waals surface area contributed by atoms with Crippen LogP contribution in [0.5, 0.6) is 0 Å². The third kappa shape index (κ3) is 4.21. The van der Waals surface area contributed by atoms with E-state index in [0.29, 0.717) is 31.0 Å². The van der Waals surface area contributed by atoms with E-state index in [1.54, 1.807) is 17.0 Å². The summed E-state index contributed by atoms with van der Waals surface area (Å²) in [6.45, 7) is 1.04. The van der Waals surface area contributed by atoms with Gasteiger partial charge in [0.1, 0.15) is 6.54 Å². The fourth-order valence-electron chi connectivity index (χ4n) is 3.59. The maximum absolute atomic E-state index is 12.5. The average molecular weight is 385 g/mol. The molecule has 0 aliphatic carbocycles. The Morgan fingerprint density at radius 2 is 1.79 bits per heavy atom. The maximum Gasteiger partial charge on any atom is 0.335 e. The van der Waals surface area contributed by atoms with E-state index in [9.17, 15) is 24.3 Å². The Labute approximate surface area is 161 Å². The molecule has 8 heteroatoms. The van der Waals surface area contributed by atoms with Gasteiger partial charge in [0.05, 0.1) is 5.56 Å². The molecule has 1 amide bonds. The van der Waals surface area contributed by atoms with Crippen molar-refractivity contribution in [3.63, 3.8) is 0 Å². The van der Waals surface area contributed by atoms with Crippen molar-refractivity contribution in [3.8, 4) is 0 Å². The number of carboxylic acids is 1. The smallest absolute Gasteiger partial charge is 0.335 e. The first-order valence-corrected chi connectivity index (χ1v) is 9.22. The summed E-state index contributed by atoms with van der Waals surface area (Å²) in [5.74, 6) is -0.777. The zero-order chi connectivity index (χ0) is 20.3. The molecule has 0 bridgehead atoms. The minimum absolute atomic E-state index is 0.0978. The quantitative estimate of drug-likeness (QED) is 0.817. The zero-order valence-corrected chi connectivity index (χ0v) is 15.7. The van der Waals surface area contributed by atoms with Crippen molar-refractivity contribution in [3.05, 3.63) is 68.5 Å². The molecule has 0 saturated carbocycles. The van der Waals surface area contributed by atoms with E-state index in [0.717, 1.165) is 23.0 Å². The molecule has 1 aliphatic heterocycles. The molecule has 1 aliphatic rings. The van der Waals surface area contributed by atoms with Gasteiger partial charge in [-0.25, -0.2) is 9.59 Å². The van der Waals surface area contributed by atoms with E-state index in [2.05, 4.69) is 0 Å². The minimum atomic E-state index is -0.925. The molecule has 148 valence electrons. The molecular weight excluding hydrogens is 362 g/mol. The van der Waals surface area contributed by atoms with Gasteiger partial charge in [0.2, 0.25) is 5.91 Å². The summed E-state index contributed by atoms with van der Waals surface area (Å²) in [4.78, 5) is 49.1.